The minimum Gasteiger partial charge on any atom is -0.358 e. The molecule has 1 aliphatic heterocycles. The fraction of sp³-hybridized carbons (Fsp3) is 0.353. The molecule has 2 aromatic rings. The molecule has 0 saturated carbocycles. The van der Waals surface area contributed by atoms with Crippen molar-refractivity contribution < 1.29 is 4.79 Å². The number of benzene rings is 2. The van der Waals surface area contributed by atoms with E-state index in [0.29, 0.717) is 0 Å². The summed E-state index contributed by atoms with van der Waals surface area (Å²) in [5.74, 6) is 0.0585. The smallest absolute Gasteiger partial charge is 0.237 e. The number of carbonyl (C=O) groups excluding carboxylic acids is 1. The van der Waals surface area contributed by atoms with Crippen molar-refractivity contribution in [3.05, 3.63) is 48.0 Å². The summed E-state index contributed by atoms with van der Waals surface area (Å²) in [4.78, 5) is 14.2. The van der Waals surface area contributed by atoms with Gasteiger partial charge in [-0.05, 0) is 22.8 Å². The van der Waals surface area contributed by atoms with E-state index in [0.717, 1.165) is 19.5 Å². The standard InChI is InChI=1S/C17H21N3O/c1-19-17(21)16-9-14(18)11-20(16)10-13-7-4-6-12-5-2-3-8-15(12)13/h2-8,14,16H,9-11,18H2,1H3,(H,19,21)/t14-,16-/m0/s1. The van der Waals surface area contributed by atoms with Crippen LogP contribution in [0.2, 0.25) is 0 Å². The number of hydrogen-bond acceptors (Lipinski definition) is 3. The average Bonchev–Trinajstić information content (AvgIpc) is 2.87. The van der Waals surface area contributed by atoms with Crippen molar-refractivity contribution >= 4 is 16.7 Å². The molecular formula is C17H21N3O. The molecule has 1 saturated heterocycles. The first kappa shape index (κ1) is 14.0. The van der Waals surface area contributed by atoms with Crippen LogP contribution in [0, 0.1) is 0 Å². The topological polar surface area (TPSA) is 58.4 Å². The number of amides is 1. The molecule has 0 unspecified atom stereocenters. The van der Waals surface area contributed by atoms with E-state index in [1.54, 1.807) is 7.05 Å². The summed E-state index contributed by atoms with van der Waals surface area (Å²) in [5.41, 5.74) is 7.30. The molecule has 1 amide bonds. The Morgan fingerprint density at radius 3 is 2.86 bits per heavy atom. The highest BCUT2D eigenvalue weighted by atomic mass is 16.2. The fourth-order valence-corrected chi connectivity index (χ4v) is 3.20. The van der Waals surface area contributed by atoms with Crippen LogP contribution in [-0.4, -0.2) is 36.5 Å². The predicted octanol–water partition coefficient (Wildman–Crippen LogP) is 1.49. The van der Waals surface area contributed by atoms with Crippen LogP contribution < -0.4 is 11.1 Å². The van der Waals surface area contributed by atoms with Gasteiger partial charge in [0.1, 0.15) is 0 Å². The Bertz CT molecular complexity index is 650. The summed E-state index contributed by atoms with van der Waals surface area (Å²) in [5, 5.41) is 5.22. The third-order valence-corrected chi connectivity index (χ3v) is 4.24. The number of carbonyl (C=O) groups is 1. The Kier molecular flexibility index (Phi) is 3.90. The van der Waals surface area contributed by atoms with E-state index in [2.05, 4.69) is 46.6 Å². The zero-order chi connectivity index (χ0) is 14.8. The quantitative estimate of drug-likeness (QED) is 0.897. The van der Waals surface area contributed by atoms with Gasteiger partial charge in [-0.2, -0.15) is 0 Å². The van der Waals surface area contributed by atoms with Crippen LogP contribution in [0.25, 0.3) is 10.8 Å². The fourth-order valence-electron chi connectivity index (χ4n) is 3.20. The Labute approximate surface area is 124 Å². The highest BCUT2D eigenvalue weighted by molar-refractivity contribution is 5.86. The third kappa shape index (κ3) is 2.77. The molecule has 0 spiro atoms. The second kappa shape index (κ2) is 5.84. The van der Waals surface area contributed by atoms with Crippen LogP contribution in [0.4, 0.5) is 0 Å². The number of likely N-dealkylation sites (N-methyl/N-ethyl adjacent to an activating group) is 1. The van der Waals surface area contributed by atoms with Gasteiger partial charge in [0.15, 0.2) is 0 Å². The molecule has 0 bridgehead atoms. The molecular weight excluding hydrogens is 262 g/mol. The molecule has 21 heavy (non-hydrogen) atoms. The number of nitrogens with zero attached hydrogens (tertiary/aromatic N) is 1. The summed E-state index contributed by atoms with van der Waals surface area (Å²) >= 11 is 0. The van der Waals surface area contributed by atoms with Gasteiger partial charge in [-0.1, -0.05) is 42.5 Å². The van der Waals surface area contributed by atoms with Crippen LogP contribution >= 0.6 is 0 Å². The van der Waals surface area contributed by atoms with Gasteiger partial charge in [0, 0.05) is 26.2 Å². The Morgan fingerprint density at radius 1 is 1.29 bits per heavy atom. The maximum absolute atomic E-state index is 12.0. The maximum Gasteiger partial charge on any atom is 0.237 e. The monoisotopic (exact) mass is 283 g/mol. The van der Waals surface area contributed by atoms with Gasteiger partial charge in [0.25, 0.3) is 0 Å². The van der Waals surface area contributed by atoms with Gasteiger partial charge in [0.2, 0.25) is 5.91 Å². The minimum absolute atomic E-state index is 0.0585. The first-order chi connectivity index (χ1) is 10.2. The Balaban J connectivity index is 1.89. The van der Waals surface area contributed by atoms with Crippen molar-refractivity contribution in [2.75, 3.05) is 13.6 Å². The van der Waals surface area contributed by atoms with Crippen LogP contribution in [0.3, 0.4) is 0 Å². The average molecular weight is 283 g/mol. The van der Waals surface area contributed by atoms with Gasteiger partial charge in [-0.3, -0.25) is 9.69 Å². The number of fused-ring (bicyclic) bond motifs is 1. The van der Waals surface area contributed by atoms with E-state index in [-0.39, 0.29) is 18.0 Å². The van der Waals surface area contributed by atoms with E-state index in [4.69, 9.17) is 5.73 Å². The first-order valence-corrected chi connectivity index (χ1v) is 7.37. The molecule has 4 nitrogen and oxygen atoms in total. The molecule has 1 fully saturated rings. The second-order valence-electron chi connectivity index (χ2n) is 5.69. The highest BCUT2D eigenvalue weighted by Gasteiger charge is 2.34. The van der Waals surface area contributed by atoms with E-state index >= 15 is 0 Å². The van der Waals surface area contributed by atoms with Crippen LogP contribution in [-0.2, 0) is 11.3 Å². The van der Waals surface area contributed by atoms with E-state index in [9.17, 15) is 4.79 Å². The molecule has 110 valence electrons. The number of nitrogens with one attached hydrogen (secondary N) is 1. The molecule has 0 aromatic heterocycles. The molecule has 4 heteroatoms. The number of hydrogen-bond donors (Lipinski definition) is 2. The summed E-state index contributed by atoms with van der Waals surface area (Å²) < 4.78 is 0. The van der Waals surface area contributed by atoms with Crippen LogP contribution in [0.15, 0.2) is 42.5 Å². The number of nitrogens with two attached hydrogens (primary N) is 1. The largest absolute Gasteiger partial charge is 0.358 e. The summed E-state index contributed by atoms with van der Waals surface area (Å²) in [7, 11) is 1.68. The maximum atomic E-state index is 12.0. The van der Waals surface area contributed by atoms with Crippen molar-refractivity contribution in [3.8, 4) is 0 Å². The zero-order valence-corrected chi connectivity index (χ0v) is 12.3. The van der Waals surface area contributed by atoms with Crippen molar-refractivity contribution in [2.24, 2.45) is 5.73 Å². The molecule has 3 N–H and O–H groups in total. The predicted molar refractivity (Wildman–Crippen MR) is 84.8 cm³/mol. The molecule has 0 aliphatic carbocycles. The van der Waals surface area contributed by atoms with E-state index < -0.39 is 0 Å². The lowest BCUT2D eigenvalue weighted by Crippen LogP contribution is -2.41. The first-order valence-electron chi connectivity index (χ1n) is 7.37. The molecule has 1 aliphatic rings. The van der Waals surface area contributed by atoms with Crippen molar-refractivity contribution in [2.45, 2.75) is 25.0 Å². The highest BCUT2D eigenvalue weighted by Crippen LogP contribution is 2.24. The lowest BCUT2D eigenvalue weighted by Gasteiger charge is -2.23. The van der Waals surface area contributed by atoms with Gasteiger partial charge in [-0.25, -0.2) is 0 Å². The Morgan fingerprint density at radius 2 is 2.05 bits per heavy atom. The van der Waals surface area contributed by atoms with Crippen molar-refractivity contribution in [1.82, 2.24) is 10.2 Å². The molecule has 0 radical (unpaired) electrons. The summed E-state index contributed by atoms with van der Waals surface area (Å²) in [6, 6.07) is 14.6. The van der Waals surface area contributed by atoms with Gasteiger partial charge in [0.05, 0.1) is 6.04 Å². The van der Waals surface area contributed by atoms with Gasteiger partial charge >= 0.3 is 0 Å². The molecule has 1 heterocycles. The minimum atomic E-state index is -0.121. The van der Waals surface area contributed by atoms with E-state index in [1.165, 1.54) is 16.3 Å². The lowest BCUT2D eigenvalue weighted by atomic mass is 10.0. The van der Waals surface area contributed by atoms with Gasteiger partial charge in [-0.15, -0.1) is 0 Å². The number of likely N-dealkylation sites (tertiary alicyclic amines) is 1. The van der Waals surface area contributed by atoms with Gasteiger partial charge < -0.3 is 11.1 Å². The molecule has 2 aromatic carbocycles. The molecule has 2 atom stereocenters. The van der Waals surface area contributed by atoms with Crippen molar-refractivity contribution in [1.29, 1.82) is 0 Å². The van der Waals surface area contributed by atoms with Crippen LogP contribution in [0.1, 0.15) is 12.0 Å². The van der Waals surface area contributed by atoms with Crippen molar-refractivity contribution in [3.63, 3.8) is 0 Å². The lowest BCUT2D eigenvalue weighted by molar-refractivity contribution is -0.125. The normalized spacial score (nSPS) is 22.6. The zero-order valence-electron chi connectivity index (χ0n) is 12.3. The number of rotatable bonds is 3. The summed E-state index contributed by atoms with van der Waals surface area (Å²) in [6.45, 7) is 1.52. The third-order valence-electron chi connectivity index (χ3n) is 4.24. The Hall–Kier alpha value is -1.91. The summed E-state index contributed by atoms with van der Waals surface area (Å²) in [6.07, 6.45) is 0.727. The molecule has 3 rings (SSSR count). The SMILES string of the molecule is CNC(=O)[C@@H]1C[C@H](N)CN1Cc1cccc2ccccc12. The van der Waals surface area contributed by atoms with E-state index in [1.807, 2.05) is 6.07 Å². The van der Waals surface area contributed by atoms with Crippen LogP contribution in [0.5, 0.6) is 0 Å². The second-order valence-corrected chi connectivity index (χ2v) is 5.69.